The van der Waals surface area contributed by atoms with Crippen LogP contribution in [0.3, 0.4) is 0 Å². The molecule has 9 heteroatoms. The van der Waals surface area contributed by atoms with Crippen molar-refractivity contribution in [2.75, 3.05) is 24.7 Å². The first-order valence-electron chi connectivity index (χ1n) is 10.9. The van der Waals surface area contributed by atoms with Gasteiger partial charge < -0.3 is 19.5 Å². The molecule has 8 nitrogen and oxygen atoms in total. The van der Waals surface area contributed by atoms with Crippen molar-refractivity contribution >= 4 is 21.6 Å². The molecule has 1 amide bonds. The van der Waals surface area contributed by atoms with E-state index in [1.165, 1.54) is 31.4 Å². The third kappa shape index (κ3) is 5.72. The van der Waals surface area contributed by atoms with Crippen LogP contribution in [-0.2, 0) is 14.8 Å². The number of ether oxygens (including phenoxy) is 3. The van der Waals surface area contributed by atoms with Gasteiger partial charge >= 0.3 is 0 Å². The summed E-state index contributed by atoms with van der Waals surface area (Å²) in [6.45, 7) is 1.19. The van der Waals surface area contributed by atoms with Crippen molar-refractivity contribution in [2.24, 2.45) is 0 Å². The van der Waals surface area contributed by atoms with E-state index in [4.69, 9.17) is 14.2 Å². The summed E-state index contributed by atoms with van der Waals surface area (Å²) in [4.78, 5) is 12.5. The number of nitrogens with one attached hydrogen (secondary N) is 2. The summed E-state index contributed by atoms with van der Waals surface area (Å²) in [6, 6.07) is 10.8. The van der Waals surface area contributed by atoms with Crippen molar-refractivity contribution in [3.63, 3.8) is 0 Å². The fourth-order valence-corrected chi connectivity index (χ4v) is 4.93. The minimum Gasteiger partial charge on any atom is -0.454 e. The van der Waals surface area contributed by atoms with Crippen LogP contribution in [0.25, 0.3) is 0 Å². The van der Waals surface area contributed by atoms with E-state index in [1.54, 1.807) is 30.3 Å². The minimum atomic E-state index is -3.87. The van der Waals surface area contributed by atoms with Gasteiger partial charge in [0, 0.05) is 24.8 Å². The number of fused-ring (bicyclic) bond motifs is 1. The van der Waals surface area contributed by atoms with Crippen LogP contribution in [-0.4, -0.2) is 40.4 Å². The predicted molar refractivity (Wildman–Crippen MR) is 120 cm³/mol. The number of carbonyl (C=O) groups excluding carboxylic acids is 1. The lowest BCUT2D eigenvalue weighted by atomic mass is 9.98. The van der Waals surface area contributed by atoms with E-state index in [2.05, 4.69) is 10.0 Å². The third-order valence-corrected chi connectivity index (χ3v) is 6.92. The smallest absolute Gasteiger partial charge is 0.261 e. The maximum absolute atomic E-state index is 12.8. The summed E-state index contributed by atoms with van der Waals surface area (Å²) in [5.41, 5.74) is 0.633. The average molecular weight is 461 g/mol. The van der Waals surface area contributed by atoms with Gasteiger partial charge in [-0.15, -0.1) is 0 Å². The predicted octanol–water partition coefficient (Wildman–Crippen LogP) is 3.69. The lowest BCUT2D eigenvalue weighted by Gasteiger charge is -2.21. The minimum absolute atomic E-state index is 0.00319. The Morgan fingerprint density at radius 2 is 1.84 bits per heavy atom. The number of amides is 1. The Bertz CT molecular complexity index is 1050. The van der Waals surface area contributed by atoms with Gasteiger partial charge in [-0.25, -0.2) is 8.42 Å². The Labute approximate surface area is 188 Å². The van der Waals surface area contributed by atoms with Crippen molar-refractivity contribution in [3.8, 4) is 11.5 Å². The van der Waals surface area contributed by atoms with Gasteiger partial charge in [0.15, 0.2) is 11.5 Å². The molecule has 0 aromatic heterocycles. The van der Waals surface area contributed by atoms with Crippen LogP contribution < -0.4 is 19.5 Å². The lowest BCUT2D eigenvalue weighted by Crippen LogP contribution is -2.26. The molecule has 1 aliphatic carbocycles. The van der Waals surface area contributed by atoms with E-state index in [0.717, 1.165) is 12.8 Å². The normalized spacial score (nSPS) is 16.0. The van der Waals surface area contributed by atoms with E-state index in [9.17, 15) is 13.2 Å². The largest absolute Gasteiger partial charge is 0.454 e. The van der Waals surface area contributed by atoms with Gasteiger partial charge in [-0.3, -0.25) is 9.52 Å². The molecule has 0 unspecified atom stereocenters. The van der Waals surface area contributed by atoms with Crippen molar-refractivity contribution in [3.05, 3.63) is 48.0 Å². The summed E-state index contributed by atoms with van der Waals surface area (Å²) >= 11 is 0. The summed E-state index contributed by atoms with van der Waals surface area (Å²) in [5.74, 6) is 0.726. The lowest BCUT2D eigenvalue weighted by molar-refractivity contribution is 0.0273. The van der Waals surface area contributed by atoms with Crippen molar-refractivity contribution < 1.29 is 27.4 Å². The highest BCUT2D eigenvalue weighted by molar-refractivity contribution is 7.92. The Hall–Kier alpha value is -2.78. The molecule has 1 saturated carbocycles. The maximum atomic E-state index is 12.8. The Balaban J connectivity index is 1.30. The summed E-state index contributed by atoms with van der Waals surface area (Å²) in [5, 5.41) is 2.83. The van der Waals surface area contributed by atoms with Crippen LogP contribution in [0.15, 0.2) is 47.4 Å². The topological polar surface area (TPSA) is 103 Å². The molecule has 0 radical (unpaired) electrons. The average Bonchev–Trinajstić information content (AvgIpc) is 3.27. The first kappa shape index (κ1) is 22.4. The van der Waals surface area contributed by atoms with Gasteiger partial charge in [-0.1, -0.05) is 25.3 Å². The second-order valence-electron chi connectivity index (χ2n) is 7.94. The standard InChI is InChI=1S/C23H28N2O6S/c26-23(24-12-5-13-29-19-7-2-1-3-8-19)17-6-4-9-20(14-17)32(27,28)25-18-10-11-21-22(15-18)31-16-30-21/h4,6,9-11,14-15,19,25H,1-3,5,7-8,12-13,16H2,(H,24,26). The zero-order valence-corrected chi connectivity index (χ0v) is 18.7. The van der Waals surface area contributed by atoms with Gasteiger partial charge in [0.2, 0.25) is 6.79 Å². The zero-order valence-electron chi connectivity index (χ0n) is 17.8. The zero-order chi connectivity index (χ0) is 22.4. The molecular weight excluding hydrogens is 432 g/mol. The molecule has 172 valence electrons. The molecule has 32 heavy (non-hydrogen) atoms. The molecule has 1 fully saturated rings. The van der Waals surface area contributed by atoms with Crippen molar-refractivity contribution in [1.29, 1.82) is 0 Å². The SMILES string of the molecule is O=C(NCCCOC1CCCCC1)c1cccc(S(=O)(=O)Nc2ccc3c(c2)OCO3)c1. The van der Waals surface area contributed by atoms with E-state index >= 15 is 0 Å². The molecule has 2 N–H and O–H groups in total. The van der Waals surface area contributed by atoms with Gasteiger partial charge in [0.25, 0.3) is 15.9 Å². The quantitative estimate of drug-likeness (QED) is 0.554. The van der Waals surface area contributed by atoms with E-state index in [1.807, 2.05) is 0 Å². The van der Waals surface area contributed by atoms with E-state index < -0.39 is 10.0 Å². The van der Waals surface area contributed by atoms with E-state index in [0.29, 0.717) is 42.9 Å². The Morgan fingerprint density at radius 3 is 2.69 bits per heavy atom. The summed E-state index contributed by atoms with van der Waals surface area (Å²) in [7, 11) is -3.87. The highest BCUT2D eigenvalue weighted by atomic mass is 32.2. The number of sulfonamides is 1. The fourth-order valence-electron chi connectivity index (χ4n) is 3.84. The molecule has 2 aliphatic rings. The van der Waals surface area contributed by atoms with Gasteiger partial charge in [0.05, 0.1) is 16.7 Å². The Morgan fingerprint density at radius 1 is 1.03 bits per heavy atom. The third-order valence-electron chi connectivity index (χ3n) is 5.54. The number of hydrogen-bond donors (Lipinski definition) is 2. The monoisotopic (exact) mass is 460 g/mol. The first-order chi connectivity index (χ1) is 15.5. The fraction of sp³-hybridized carbons (Fsp3) is 0.435. The van der Waals surface area contributed by atoms with Crippen LogP contribution in [0.1, 0.15) is 48.9 Å². The molecule has 4 rings (SSSR count). The first-order valence-corrected chi connectivity index (χ1v) is 12.4. The maximum Gasteiger partial charge on any atom is 0.261 e. The molecule has 2 aromatic rings. The summed E-state index contributed by atoms with van der Waals surface area (Å²) < 4.78 is 44.5. The molecule has 1 heterocycles. The second kappa shape index (κ2) is 10.2. The van der Waals surface area contributed by atoms with Crippen LogP contribution in [0.2, 0.25) is 0 Å². The van der Waals surface area contributed by atoms with Crippen LogP contribution in [0, 0.1) is 0 Å². The Kier molecular flexibility index (Phi) is 7.16. The number of rotatable bonds is 9. The molecule has 1 aliphatic heterocycles. The second-order valence-corrected chi connectivity index (χ2v) is 9.62. The van der Waals surface area contributed by atoms with E-state index in [-0.39, 0.29) is 23.2 Å². The van der Waals surface area contributed by atoms with Gasteiger partial charge in [-0.05, 0) is 49.6 Å². The molecular formula is C23H28N2O6S. The highest BCUT2D eigenvalue weighted by Gasteiger charge is 2.19. The molecule has 0 atom stereocenters. The molecule has 2 aromatic carbocycles. The number of hydrogen-bond acceptors (Lipinski definition) is 6. The summed E-state index contributed by atoms with van der Waals surface area (Å²) in [6.07, 6.45) is 7.04. The molecule has 0 bridgehead atoms. The van der Waals surface area contributed by atoms with Crippen LogP contribution >= 0.6 is 0 Å². The highest BCUT2D eigenvalue weighted by Crippen LogP contribution is 2.34. The number of benzene rings is 2. The van der Waals surface area contributed by atoms with Crippen molar-refractivity contribution in [2.45, 2.75) is 49.5 Å². The van der Waals surface area contributed by atoms with Crippen molar-refractivity contribution in [1.82, 2.24) is 5.32 Å². The van der Waals surface area contributed by atoms with Gasteiger partial charge in [0.1, 0.15) is 0 Å². The molecule has 0 spiro atoms. The van der Waals surface area contributed by atoms with Crippen LogP contribution in [0.4, 0.5) is 5.69 Å². The number of anilines is 1. The van der Waals surface area contributed by atoms with Crippen LogP contribution in [0.5, 0.6) is 11.5 Å². The van der Waals surface area contributed by atoms with Gasteiger partial charge in [-0.2, -0.15) is 0 Å². The number of carbonyl (C=O) groups is 1. The molecule has 0 saturated heterocycles.